The number of amides is 1. The van der Waals surface area contributed by atoms with Gasteiger partial charge in [-0.3, -0.25) is 4.79 Å². The largest absolute Gasteiger partial charge is 0.304 e. The molecule has 0 spiro atoms. The van der Waals surface area contributed by atoms with Crippen molar-refractivity contribution in [2.24, 2.45) is 0 Å². The van der Waals surface area contributed by atoms with Crippen LogP contribution in [-0.4, -0.2) is 15.9 Å². The van der Waals surface area contributed by atoms with Gasteiger partial charge in [-0.05, 0) is 19.1 Å². The number of hydrogen-bond acceptors (Lipinski definition) is 5. The maximum absolute atomic E-state index is 11.8. The minimum absolute atomic E-state index is 0.255. The Morgan fingerprint density at radius 3 is 3.06 bits per heavy atom. The Hall–Kier alpha value is -2.26. The first kappa shape index (κ1) is 11.2. The Morgan fingerprint density at radius 2 is 2.41 bits per heavy atom. The Labute approximate surface area is 102 Å². The van der Waals surface area contributed by atoms with Crippen molar-refractivity contribution in [1.82, 2.24) is 9.97 Å². The zero-order valence-electron chi connectivity index (χ0n) is 8.97. The minimum Gasteiger partial charge on any atom is -0.304 e. The van der Waals surface area contributed by atoms with Crippen LogP contribution in [-0.2, 0) is 0 Å². The van der Waals surface area contributed by atoms with Gasteiger partial charge in [-0.15, -0.1) is 11.3 Å². The lowest BCUT2D eigenvalue weighted by Crippen LogP contribution is -2.14. The molecule has 5 nitrogen and oxygen atoms in total. The van der Waals surface area contributed by atoms with E-state index in [1.165, 1.54) is 17.5 Å². The van der Waals surface area contributed by atoms with Crippen LogP contribution in [0, 0.1) is 18.3 Å². The second-order valence-corrected chi connectivity index (χ2v) is 4.28. The van der Waals surface area contributed by atoms with Gasteiger partial charge in [0.25, 0.3) is 5.91 Å². The molecule has 2 aromatic heterocycles. The zero-order valence-corrected chi connectivity index (χ0v) is 9.78. The standard InChI is InChI=1S/C11H8N4OS/c1-7-14-9(6-17-7)11(16)15-10-8(5-12)3-2-4-13-10/h2-4,6H,1H3,(H,13,15,16). The fraction of sp³-hybridized carbons (Fsp3) is 0.0909. The van der Waals surface area contributed by atoms with Gasteiger partial charge in [-0.1, -0.05) is 0 Å². The number of hydrogen-bond donors (Lipinski definition) is 1. The van der Waals surface area contributed by atoms with Crippen molar-refractivity contribution in [3.8, 4) is 6.07 Å². The van der Waals surface area contributed by atoms with Gasteiger partial charge in [-0.25, -0.2) is 9.97 Å². The highest BCUT2D eigenvalue weighted by molar-refractivity contribution is 7.09. The molecule has 84 valence electrons. The first-order chi connectivity index (χ1) is 8.20. The van der Waals surface area contributed by atoms with E-state index in [1.807, 2.05) is 13.0 Å². The van der Waals surface area contributed by atoms with E-state index in [0.717, 1.165) is 5.01 Å². The lowest BCUT2D eigenvalue weighted by Gasteiger charge is -2.03. The van der Waals surface area contributed by atoms with Gasteiger partial charge in [-0.2, -0.15) is 5.26 Å². The van der Waals surface area contributed by atoms with Gasteiger partial charge < -0.3 is 5.32 Å². The van der Waals surface area contributed by atoms with Crippen molar-refractivity contribution in [3.05, 3.63) is 40.0 Å². The number of carbonyl (C=O) groups excluding carboxylic acids is 1. The Balaban J connectivity index is 2.22. The highest BCUT2D eigenvalue weighted by atomic mass is 32.1. The lowest BCUT2D eigenvalue weighted by molar-refractivity contribution is 0.102. The summed E-state index contributed by atoms with van der Waals surface area (Å²) in [6, 6.07) is 5.19. The number of nitrogens with zero attached hydrogens (tertiary/aromatic N) is 3. The minimum atomic E-state index is -0.357. The van der Waals surface area contributed by atoms with Gasteiger partial charge in [0.15, 0.2) is 5.82 Å². The molecule has 0 aliphatic heterocycles. The number of anilines is 1. The van der Waals surface area contributed by atoms with Crippen molar-refractivity contribution in [3.63, 3.8) is 0 Å². The predicted octanol–water partition coefficient (Wildman–Crippen LogP) is 1.97. The van der Waals surface area contributed by atoms with Crippen LogP contribution in [0.25, 0.3) is 0 Å². The van der Waals surface area contributed by atoms with Gasteiger partial charge in [0, 0.05) is 11.6 Å². The number of nitrogens with one attached hydrogen (secondary N) is 1. The fourth-order valence-corrected chi connectivity index (χ4v) is 1.83. The normalized spacial score (nSPS) is 9.65. The number of nitriles is 1. The molecular formula is C11H8N4OS. The molecule has 6 heteroatoms. The number of thiazole rings is 1. The lowest BCUT2D eigenvalue weighted by atomic mass is 10.3. The fourth-order valence-electron chi connectivity index (χ4n) is 1.23. The Morgan fingerprint density at radius 1 is 1.59 bits per heavy atom. The van der Waals surface area contributed by atoms with Crippen molar-refractivity contribution >= 4 is 23.1 Å². The molecule has 0 aromatic carbocycles. The van der Waals surface area contributed by atoms with Crippen LogP contribution < -0.4 is 5.32 Å². The summed E-state index contributed by atoms with van der Waals surface area (Å²) in [5, 5.41) is 13.9. The summed E-state index contributed by atoms with van der Waals surface area (Å²) in [7, 11) is 0. The summed E-state index contributed by atoms with van der Waals surface area (Å²) in [4.78, 5) is 19.8. The molecule has 0 saturated carbocycles. The van der Waals surface area contributed by atoms with E-state index in [-0.39, 0.29) is 11.7 Å². The molecule has 17 heavy (non-hydrogen) atoms. The van der Waals surface area contributed by atoms with Crippen molar-refractivity contribution in [2.75, 3.05) is 5.32 Å². The summed E-state index contributed by atoms with van der Waals surface area (Å²) in [6.07, 6.45) is 1.52. The molecule has 0 unspecified atom stereocenters. The third kappa shape index (κ3) is 2.46. The highest BCUT2D eigenvalue weighted by Crippen LogP contribution is 2.13. The molecule has 2 rings (SSSR count). The molecule has 0 aliphatic rings. The molecule has 2 heterocycles. The molecule has 2 aromatic rings. The maximum Gasteiger partial charge on any atom is 0.276 e. The molecule has 0 atom stereocenters. The van der Waals surface area contributed by atoms with Crippen LogP contribution in [0.15, 0.2) is 23.7 Å². The number of pyridine rings is 1. The van der Waals surface area contributed by atoms with E-state index < -0.39 is 0 Å². The molecule has 1 amide bonds. The monoisotopic (exact) mass is 244 g/mol. The average Bonchev–Trinajstić information content (AvgIpc) is 2.77. The van der Waals surface area contributed by atoms with Crippen LogP contribution in [0.1, 0.15) is 21.1 Å². The molecule has 0 aliphatic carbocycles. The second-order valence-electron chi connectivity index (χ2n) is 3.22. The van der Waals surface area contributed by atoms with E-state index in [0.29, 0.717) is 11.3 Å². The predicted molar refractivity (Wildman–Crippen MR) is 63.8 cm³/mol. The van der Waals surface area contributed by atoms with Crippen molar-refractivity contribution in [1.29, 1.82) is 5.26 Å². The van der Waals surface area contributed by atoms with E-state index in [9.17, 15) is 4.79 Å². The van der Waals surface area contributed by atoms with Crippen LogP contribution in [0.4, 0.5) is 5.82 Å². The molecule has 1 N–H and O–H groups in total. The van der Waals surface area contributed by atoms with Crippen LogP contribution in [0.2, 0.25) is 0 Å². The van der Waals surface area contributed by atoms with Crippen molar-refractivity contribution in [2.45, 2.75) is 6.92 Å². The van der Waals surface area contributed by atoms with E-state index in [1.54, 1.807) is 17.5 Å². The van der Waals surface area contributed by atoms with Gasteiger partial charge in [0.2, 0.25) is 0 Å². The third-order valence-electron chi connectivity index (χ3n) is 2.01. The zero-order chi connectivity index (χ0) is 12.3. The molecule has 0 radical (unpaired) electrons. The number of aromatic nitrogens is 2. The van der Waals surface area contributed by atoms with Gasteiger partial charge >= 0.3 is 0 Å². The molecule has 0 fully saturated rings. The summed E-state index contributed by atoms with van der Waals surface area (Å²) < 4.78 is 0. The SMILES string of the molecule is Cc1nc(C(=O)Nc2ncccc2C#N)cs1. The summed E-state index contributed by atoms with van der Waals surface area (Å²) in [5.41, 5.74) is 0.662. The first-order valence-corrected chi connectivity index (χ1v) is 5.67. The van der Waals surface area contributed by atoms with Crippen LogP contribution in [0.3, 0.4) is 0 Å². The maximum atomic E-state index is 11.8. The quantitative estimate of drug-likeness (QED) is 0.875. The number of carbonyl (C=O) groups is 1. The van der Waals surface area contributed by atoms with Crippen molar-refractivity contribution < 1.29 is 4.79 Å². The van der Waals surface area contributed by atoms with Crippen LogP contribution in [0.5, 0.6) is 0 Å². The number of aryl methyl sites for hydroxylation is 1. The highest BCUT2D eigenvalue weighted by Gasteiger charge is 2.12. The van der Waals surface area contributed by atoms with E-state index in [4.69, 9.17) is 5.26 Å². The first-order valence-electron chi connectivity index (χ1n) is 4.79. The summed E-state index contributed by atoms with van der Waals surface area (Å²) in [6.45, 7) is 1.82. The molecular weight excluding hydrogens is 236 g/mol. The second kappa shape index (κ2) is 4.72. The smallest absolute Gasteiger partial charge is 0.276 e. The van der Waals surface area contributed by atoms with Gasteiger partial charge in [0.05, 0.1) is 10.6 Å². The summed E-state index contributed by atoms with van der Waals surface area (Å²) in [5.74, 6) is -0.102. The van der Waals surface area contributed by atoms with E-state index >= 15 is 0 Å². The van der Waals surface area contributed by atoms with Crippen LogP contribution >= 0.6 is 11.3 Å². The number of rotatable bonds is 2. The Bertz CT molecular complexity index is 600. The summed E-state index contributed by atoms with van der Waals surface area (Å²) >= 11 is 1.40. The van der Waals surface area contributed by atoms with E-state index in [2.05, 4.69) is 15.3 Å². The Kier molecular flexibility index (Phi) is 3.12. The molecule has 0 saturated heterocycles. The average molecular weight is 244 g/mol. The molecule has 0 bridgehead atoms. The topological polar surface area (TPSA) is 78.7 Å². The van der Waals surface area contributed by atoms with Gasteiger partial charge in [0.1, 0.15) is 11.8 Å². The third-order valence-corrected chi connectivity index (χ3v) is 2.79.